The minimum Gasteiger partial charge on any atom is -0.495 e. The number of ether oxygens (including phenoxy) is 1. The fourth-order valence-corrected chi connectivity index (χ4v) is 8.58. The third kappa shape index (κ3) is 6.18. The zero-order valence-electron chi connectivity index (χ0n) is 28.9. The van der Waals surface area contributed by atoms with Gasteiger partial charge in [0, 0.05) is 82.3 Å². The molecule has 264 valence electrons. The van der Waals surface area contributed by atoms with Crippen LogP contribution < -0.4 is 25.6 Å². The van der Waals surface area contributed by atoms with Crippen LogP contribution in [0.3, 0.4) is 0 Å². The molecule has 50 heavy (non-hydrogen) atoms. The summed E-state index contributed by atoms with van der Waals surface area (Å²) in [6.45, 7) is 8.04. The molecule has 1 atom stereocenters. The Morgan fingerprint density at radius 3 is 2.18 bits per heavy atom. The van der Waals surface area contributed by atoms with Gasteiger partial charge in [0.25, 0.3) is 11.8 Å². The Bertz CT molecular complexity index is 1730. The standard InChI is InChI=1S/C38H47N7O5/c1-50-34-22-33(29(21-31(34)39)25-2-3-25)44-18-16-43(17-19-44)26-10-12-41(13-11-26)23-24-8-14-42(15-9-24)27-4-5-28-30(20-27)38(49)45(37(28)48)32-6-7-35(46)40-36(32)47/h4-5,20-23,25-26,32H,2-3,6-19,39H2,1H3,(H,40,46,47). The van der Waals surface area contributed by atoms with E-state index in [0.717, 1.165) is 87.2 Å². The number of carbonyl (C=O) groups is 4. The van der Waals surface area contributed by atoms with Gasteiger partial charge in [-0.3, -0.25) is 34.3 Å². The number of carbonyl (C=O) groups excluding carboxylic acids is 4. The molecule has 1 aliphatic carbocycles. The predicted molar refractivity (Wildman–Crippen MR) is 190 cm³/mol. The second-order valence-corrected chi connectivity index (χ2v) is 14.7. The summed E-state index contributed by atoms with van der Waals surface area (Å²) in [7, 11) is 1.70. The normalized spacial score (nSPS) is 23.8. The lowest BCUT2D eigenvalue weighted by molar-refractivity contribution is -0.136. The van der Waals surface area contributed by atoms with Crippen LogP contribution in [0.5, 0.6) is 5.75 Å². The SMILES string of the molecule is COc1cc(N2CCN(C3CCN(C=C4CCN(c5ccc6c(c5)C(=O)N(C5CCC(=O)NC5=O)C6=O)CC4)CC3)CC2)c(C2CC2)cc1N. The Morgan fingerprint density at radius 2 is 1.50 bits per heavy atom. The van der Waals surface area contributed by atoms with Crippen LogP contribution in [-0.2, 0) is 9.59 Å². The van der Waals surface area contributed by atoms with E-state index in [9.17, 15) is 19.2 Å². The third-order valence-corrected chi connectivity index (χ3v) is 11.6. The second kappa shape index (κ2) is 13.3. The molecule has 0 spiro atoms. The molecule has 1 saturated carbocycles. The van der Waals surface area contributed by atoms with Gasteiger partial charge in [-0.05, 0) is 86.9 Å². The summed E-state index contributed by atoms with van der Waals surface area (Å²) in [4.78, 5) is 61.4. The average Bonchev–Trinajstić information content (AvgIpc) is 3.95. The highest BCUT2D eigenvalue weighted by Crippen LogP contribution is 2.47. The predicted octanol–water partition coefficient (Wildman–Crippen LogP) is 3.33. The topological polar surface area (TPSA) is 132 Å². The van der Waals surface area contributed by atoms with Gasteiger partial charge < -0.3 is 25.2 Å². The number of piperazine rings is 1. The lowest BCUT2D eigenvalue weighted by Crippen LogP contribution is -2.54. The van der Waals surface area contributed by atoms with Crippen molar-refractivity contribution in [1.29, 1.82) is 0 Å². The number of anilines is 3. The van der Waals surface area contributed by atoms with Crippen LogP contribution in [0.1, 0.15) is 83.6 Å². The number of likely N-dealkylation sites (tertiary alicyclic amines) is 1. The molecule has 5 fully saturated rings. The number of amides is 4. The van der Waals surface area contributed by atoms with E-state index in [2.05, 4.69) is 43.2 Å². The van der Waals surface area contributed by atoms with Crippen molar-refractivity contribution in [2.24, 2.45) is 0 Å². The maximum Gasteiger partial charge on any atom is 0.262 e. The average molecular weight is 682 g/mol. The molecular formula is C38H47N7O5. The summed E-state index contributed by atoms with van der Waals surface area (Å²) < 4.78 is 5.57. The highest BCUT2D eigenvalue weighted by molar-refractivity contribution is 6.23. The maximum absolute atomic E-state index is 13.3. The largest absolute Gasteiger partial charge is 0.495 e. The number of hydrogen-bond acceptors (Lipinski definition) is 10. The molecule has 12 nitrogen and oxygen atoms in total. The molecular weight excluding hydrogens is 634 g/mol. The number of nitrogens with zero attached hydrogens (tertiary/aromatic N) is 5. The van der Waals surface area contributed by atoms with Gasteiger partial charge in [0.15, 0.2) is 0 Å². The molecule has 1 unspecified atom stereocenters. The highest BCUT2D eigenvalue weighted by Gasteiger charge is 2.45. The van der Waals surface area contributed by atoms with Crippen molar-refractivity contribution in [2.45, 2.75) is 69.4 Å². The van der Waals surface area contributed by atoms with Crippen LogP contribution in [0.15, 0.2) is 42.1 Å². The molecule has 8 rings (SSSR count). The third-order valence-electron chi connectivity index (χ3n) is 11.6. The molecule has 0 aromatic heterocycles. The summed E-state index contributed by atoms with van der Waals surface area (Å²) >= 11 is 0. The Hall–Kier alpha value is -4.58. The molecule has 6 aliphatic rings. The van der Waals surface area contributed by atoms with E-state index in [-0.39, 0.29) is 18.7 Å². The molecule has 3 N–H and O–H groups in total. The number of piperidine rings is 3. The number of hydrogen-bond donors (Lipinski definition) is 2. The number of benzene rings is 2. The van der Waals surface area contributed by atoms with E-state index in [1.807, 2.05) is 6.07 Å². The second-order valence-electron chi connectivity index (χ2n) is 14.7. The number of rotatable bonds is 7. The number of nitrogens with one attached hydrogen (secondary N) is 1. The number of nitrogens with two attached hydrogens (primary N) is 1. The van der Waals surface area contributed by atoms with Crippen LogP contribution in [-0.4, -0.2) is 110 Å². The van der Waals surface area contributed by atoms with E-state index >= 15 is 0 Å². The van der Waals surface area contributed by atoms with Crippen molar-refractivity contribution in [2.75, 3.05) is 75.0 Å². The fraction of sp³-hybridized carbons (Fsp3) is 0.526. The zero-order chi connectivity index (χ0) is 34.5. The van der Waals surface area contributed by atoms with Crippen LogP contribution in [0, 0.1) is 0 Å². The highest BCUT2D eigenvalue weighted by atomic mass is 16.5. The van der Waals surface area contributed by atoms with Crippen molar-refractivity contribution in [3.8, 4) is 5.75 Å². The zero-order valence-corrected chi connectivity index (χ0v) is 28.9. The van der Waals surface area contributed by atoms with E-state index < -0.39 is 23.8 Å². The minimum atomic E-state index is -0.952. The summed E-state index contributed by atoms with van der Waals surface area (Å²) in [5, 5.41) is 2.25. The smallest absolute Gasteiger partial charge is 0.262 e. The first kappa shape index (κ1) is 32.6. The van der Waals surface area contributed by atoms with Gasteiger partial charge in [-0.2, -0.15) is 0 Å². The van der Waals surface area contributed by atoms with Gasteiger partial charge in [-0.15, -0.1) is 0 Å². The summed E-state index contributed by atoms with van der Waals surface area (Å²) in [6, 6.07) is 9.36. The maximum atomic E-state index is 13.3. The van der Waals surface area contributed by atoms with Crippen molar-refractivity contribution < 1.29 is 23.9 Å². The Labute approximate surface area is 293 Å². The fourth-order valence-electron chi connectivity index (χ4n) is 8.58. The summed E-state index contributed by atoms with van der Waals surface area (Å²) in [6.07, 6.45) is 9.41. The Kier molecular flexibility index (Phi) is 8.66. The van der Waals surface area contributed by atoms with E-state index in [1.54, 1.807) is 19.2 Å². The van der Waals surface area contributed by atoms with Crippen LogP contribution >= 0.6 is 0 Å². The summed E-state index contributed by atoms with van der Waals surface area (Å²) in [5.74, 6) is -0.489. The number of nitrogen functional groups attached to an aromatic ring is 1. The lowest BCUT2D eigenvalue weighted by atomic mass is 10.00. The summed E-state index contributed by atoms with van der Waals surface area (Å²) in [5.41, 5.74) is 12.7. The molecule has 2 aromatic carbocycles. The van der Waals surface area contributed by atoms with E-state index in [1.165, 1.54) is 42.5 Å². The number of fused-ring (bicyclic) bond motifs is 1. The van der Waals surface area contributed by atoms with Gasteiger partial charge >= 0.3 is 0 Å². The molecule has 4 saturated heterocycles. The molecule has 12 heteroatoms. The number of imide groups is 2. The molecule has 0 radical (unpaired) electrons. The number of methoxy groups -OCH3 is 1. The van der Waals surface area contributed by atoms with Gasteiger partial charge in [-0.1, -0.05) is 5.57 Å². The van der Waals surface area contributed by atoms with Crippen molar-refractivity contribution in [3.05, 3.63) is 58.8 Å². The monoisotopic (exact) mass is 681 g/mol. The van der Waals surface area contributed by atoms with Gasteiger partial charge in [-0.25, -0.2) is 0 Å². The molecule has 5 heterocycles. The van der Waals surface area contributed by atoms with Gasteiger partial charge in [0.1, 0.15) is 11.8 Å². The first-order chi connectivity index (χ1) is 24.3. The Balaban J connectivity index is 0.820. The van der Waals surface area contributed by atoms with E-state index in [0.29, 0.717) is 23.1 Å². The van der Waals surface area contributed by atoms with Gasteiger partial charge in [0.2, 0.25) is 11.8 Å². The molecule has 5 aliphatic heterocycles. The molecule has 2 aromatic rings. The van der Waals surface area contributed by atoms with Crippen LogP contribution in [0.25, 0.3) is 0 Å². The van der Waals surface area contributed by atoms with Crippen LogP contribution in [0.2, 0.25) is 0 Å². The first-order valence-electron chi connectivity index (χ1n) is 18.3. The molecule has 4 amide bonds. The molecule has 0 bridgehead atoms. The quantitative estimate of drug-likeness (QED) is 0.332. The lowest BCUT2D eigenvalue weighted by Gasteiger charge is -2.44. The van der Waals surface area contributed by atoms with Crippen molar-refractivity contribution in [3.63, 3.8) is 0 Å². The van der Waals surface area contributed by atoms with Crippen LogP contribution in [0.4, 0.5) is 17.1 Å². The van der Waals surface area contributed by atoms with Crippen molar-refractivity contribution in [1.82, 2.24) is 20.0 Å². The minimum absolute atomic E-state index is 0.109. The Morgan fingerprint density at radius 1 is 0.780 bits per heavy atom. The van der Waals surface area contributed by atoms with E-state index in [4.69, 9.17) is 10.5 Å². The first-order valence-corrected chi connectivity index (χ1v) is 18.3. The van der Waals surface area contributed by atoms with Crippen molar-refractivity contribution >= 4 is 40.7 Å². The van der Waals surface area contributed by atoms with Gasteiger partial charge in [0.05, 0.1) is 23.9 Å².